The van der Waals surface area contributed by atoms with Gasteiger partial charge >= 0.3 is 0 Å². The van der Waals surface area contributed by atoms with Crippen LogP contribution in [0.4, 0.5) is 5.69 Å². The smallest absolute Gasteiger partial charge is 0.238 e. The van der Waals surface area contributed by atoms with Gasteiger partial charge < -0.3 is 10.6 Å². The molecular weight excluding hydrogens is 226 g/mol. The Hall–Kier alpha value is -1.94. The zero-order valence-electron chi connectivity index (χ0n) is 10.0. The largest absolute Gasteiger partial charge is 0.324 e. The molecule has 92 valence electrons. The van der Waals surface area contributed by atoms with Crippen LogP contribution in [0.5, 0.6) is 0 Å². The molecule has 0 aliphatic heterocycles. The van der Waals surface area contributed by atoms with E-state index in [0.717, 1.165) is 16.5 Å². The molecule has 18 heavy (non-hydrogen) atoms. The number of aromatic nitrogens is 1. The number of rotatable bonds is 4. The van der Waals surface area contributed by atoms with E-state index in [1.807, 2.05) is 24.3 Å². The third kappa shape index (κ3) is 2.49. The van der Waals surface area contributed by atoms with Crippen molar-refractivity contribution in [1.82, 2.24) is 10.3 Å². The maximum Gasteiger partial charge on any atom is 0.238 e. The van der Waals surface area contributed by atoms with Crippen LogP contribution in [-0.4, -0.2) is 23.5 Å². The van der Waals surface area contributed by atoms with Gasteiger partial charge in [0.15, 0.2) is 0 Å². The average Bonchev–Trinajstić information content (AvgIpc) is 3.21. The minimum absolute atomic E-state index is 0.00162. The summed E-state index contributed by atoms with van der Waals surface area (Å²) in [5, 5.41) is 8.18. The summed E-state index contributed by atoms with van der Waals surface area (Å²) in [7, 11) is 0. The minimum Gasteiger partial charge on any atom is -0.324 e. The van der Waals surface area contributed by atoms with Gasteiger partial charge in [0.05, 0.1) is 12.2 Å². The number of fused-ring (bicyclic) bond motifs is 1. The van der Waals surface area contributed by atoms with E-state index in [0.29, 0.717) is 12.6 Å². The van der Waals surface area contributed by atoms with Crippen molar-refractivity contribution in [3.63, 3.8) is 0 Å². The number of carbonyl (C=O) groups is 1. The summed E-state index contributed by atoms with van der Waals surface area (Å²) in [4.78, 5) is 15.9. The predicted molar refractivity (Wildman–Crippen MR) is 71.4 cm³/mol. The number of benzene rings is 1. The molecule has 4 nitrogen and oxygen atoms in total. The Labute approximate surface area is 105 Å². The van der Waals surface area contributed by atoms with Crippen molar-refractivity contribution < 1.29 is 4.79 Å². The van der Waals surface area contributed by atoms with Crippen molar-refractivity contribution in [2.75, 3.05) is 11.9 Å². The Morgan fingerprint density at radius 1 is 1.33 bits per heavy atom. The van der Waals surface area contributed by atoms with Gasteiger partial charge in [-0.25, -0.2) is 0 Å². The van der Waals surface area contributed by atoms with E-state index in [4.69, 9.17) is 0 Å². The summed E-state index contributed by atoms with van der Waals surface area (Å²) < 4.78 is 0. The molecule has 1 fully saturated rings. The number of hydrogen-bond acceptors (Lipinski definition) is 3. The van der Waals surface area contributed by atoms with Gasteiger partial charge in [0.25, 0.3) is 0 Å². The minimum atomic E-state index is -0.00162. The fourth-order valence-electron chi connectivity index (χ4n) is 1.94. The molecule has 1 saturated carbocycles. The molecule has 1 aliphatic carbocycles. The summed E-state index contributed by atoms with van der Waals surface area (Å²) >= 11 is 0. The highest BCUT2D eigenvalue weighted by Gasteiger charge is 2.21. The van der Waals surface area contributed by atoms with E-state index in [1.54, 1.807) is 12.4 Å². The van der Waals surface area contributed by atoms with Gasteiger partial charge in [-0.3, -0.25) is 9.78 Å². The summed E-state index contributed by atoms with van der Waals surface area (Å²) in [5.74, 6) is -0.00162. The number of nitrogens with one attached hydrogen (secondary N) is 2. The summed E-state index contributed by atoms with van der Waals surface area (Å²) in [6.45, 7) is 0.376. The molecule has 0 spiro atoms. The fraction of sp³-hybridized carbons (Fsp3) is 0.286. The zero-order valence-corrected chi connectivity index (χ0v) is 10.0. The van der Waals surface area contributed by atoms with Crippen LogP contribution in [-0.2, 0) is 4.79 Å². The average molecular weight is 241 g/mol. The number of amides is 1. The third-order valence-corrected chi connectivity index (χ3v) is 3.09. The fourth-order valence-corrected chi connectivity index (χ4v) is 1.94. The lowest BCUT2D eigenvalue weighted by Crippen LogP contribution is -2.29. The first-order valence-corrected chi connectivity index (χ1v) is 6.19. The number of pyridine rings is 1. The summed E-state index contributed by atoms with van der Waals surface area (Å²) in [6.07, 6.45) is 5.90. The van der Waals surface area contributed by atoms with E-state index in [-0.39, 0.29) is 5.91 Å². The van der Waals surface area contributed by atoms with E-state index >= 15 is 0 Å². The van der Waals surface area contributed by atoms with Gasteiger partial charge in [-0.1, -0.05) is 12.1 Å². The molecular formula is C14H15N3O. The van der Waals surface area contributed by atoms with Crippen LogP contribution in [0.15, 0.2) is 36.7 Å². The molecule has 2 aromatic rings. The number of nitrogens with zero attached hydrogens (tertiary/aromatic N) is 1. The van der Waals surface area contributed by atoms with Crippen molar-refractivity contribution >= 4 is 22.4 Å². The van der Waals surface area contributed by atoms with Crippen molar-refractivity contribution in [2.24, 2.45) is 0 Å². The van der Waals surface area contributed by atoms with Crippen LogP contribution in [0.3, 0.4) is 0 Å². The molecule has 1 aliphatic rings. The zero-order chi connectivity index (χ0) is 12.4. The molecule has 0 saturated heterocycles. The van der Waals surface area contributed by atoms with E-state index in [1.165, 1.54) is 12.8 Å². The Morgan fingerprint density at radius 2 is 2.22 bits per heavy atom. The van der Waals surface area contributed by atoms with E-state index < -0.39 is 0 Å². The van der Waals surface area contributed by atoms with E-state index in [9.17, 15) is 4.79 Å². The molecule has 3 rings (SSSR count). The molecule has 1 amide bonds. The van der Waals surface area contributed by atoms with Crippen molar-refractivity contribution in [3.8, 4) is 0 Å². The molecule has 1 aromatic heterocycles. The van der Waals surface area contributed by atoms with Gasteiger partial charge in [-0.15, -0.1) is 0 Å². The van der Waals surface area contributed by atoms with Crippen LogP contribution in [0.1, 0.15) is 12.8 Å². The van der Waals surface area contributed by atoms with Crippen LogP contribution in [0.25, 0.3) is 10.8 Å². The lowest BCUT2D eigenvalue weighted by Gasteiger charge is -2.08. The van der Waals surface area contributed by atoms with Crippen LogP contribution in [0, 0.1) is 0 Å². The summed E-state index contributed by atoms with van der Waals surface area (Å²) in [5.41, 5.74) is 0.822. The molecule has 4 heteroatoms. The maximum absolute atomic E-state index is 11.8. The summed E-state index contributed by atoms with van der Waals surface area (Å²) in [6, 6.07) is 8.33. The van der Waals surface area contributed by atoms with E-state index in [2.05, 4.69) is 15.6 Å². The lowest BCUT2D eigenvalue weighted by molar-refractivity contribution is -0.115. The molecule has 1 aromatic carbocycles. The number of hydrogen-bond donors (Lipinski definition) is 2. The van der Waals surface area contributed by atoms with Crippen molar-refractivity contribution in [2.45, 2.75) is 18.9 Å². The normalized spacial score (nSPS) is 14.7. The second-order valence-corrected chi connectivity index (χ2v) is 4.61. The molecule has 0 atom stereocenters. The molecule has 0 bridgehead atoms. The highest BCUT2D eigenvalue weighted by Crippen LogP contribution is 2.22. The van der Waals surface area contributed by atoms with Gasteiger partial charge in [0.2, 0.25) is 5.91 Å². The van der Waals surface area contributed by atoms with Crippen LogP contribution < -0.4 is 10.6 Å². The van der Waals surface area contributed by atoms with Crippen molar-refractivity contribution in [1.29, 1.82) is 0 Å². The molecule has 2 N–H and O–H groups in total. The first-order chi connectivity index (χ1) is 8.83. The predicted octanol–water partition coefficient (Wildman–Crippen LogP) is 1.93. The lowest BCUT2D eigenvalue weighted by atomic mass is 10.1. The first-order valence-electron chi connectivity index (χ1n) is 6.19. The molecule has 0 radical (unpaired) electrons. The van der Waals surface area contributed by atoms with Gasteiger partial charge in [0.1, 0.15) is 0 Å². The standard InChI is InChI=1S/C14H15N3O/c18-14(9-16-11-4-5-11)17-13-3-1-2-10-6-7-15-8-12(10)13/h1-3,6-8,11,16H,4-5,9H2,(H,17,18). The highest BCUT2D eigenvalue weighted by atomic mass is 16.1. The number of carbonyl (C=O) groups excluding carboxylic acids is 1. The first kappa shape index (κ1) is 11.2. The Kier molecular flexibility index (Phi) is 2.94. The van der Waals surface area contributed by atoms with Gasteiger partial charge in [0, 0.05) is 23.8 Å². The Balaban J connectivity index is 1.74. The SMILES string of the molecule is O=C(CNC1CC1)Nc1cccc2ccncc12. The maximum atomic E-state index is 11.8. The van der Waals surface area contributed by atoms with Crippen LogP contribution >= 0.6 is 0 Å². The highest BCUT2D eigenvalue weighted by molar-refractivity contribution is 6.02. The molecule has 1 heterocycles. The topological polar surface area (TPSA) is 54.0 Å². The van der Waals surface area contributed by atoms with Gasteiger partial charge in [-0.2, -0.15) is 0 Å². The second kappa shape index (κ2) is 4.74. The Morgan fingerprint density at radius 3 is 3.06 bits per heavy atom. The Bertz CT molecular complexity index is 573. The molecule has 0 unspecified atom stereocenters. The van der Waals surface area contributed by atoms with Crippen LogP contribution in [0.2, 0.25) is 0 Å². The monoisotopic (exact) mass is 241 g/mol. The second-order valence-electron chi connectivity index (χ2n) is 4.61. The third-order valence-electron chi connectivity index (χ3n) is 3.09. The van der Waals surface area contributed by atoms with Crippen molar-refractivity contribution in [3.05, 3.63) is 36.7 Å². The van der Waals surface area contributed by atoms with Gasteiger partial charge in [-0.05, 0) is 30.4 Å². The number of anilines is 1. The quantitative estimate of drug-likeness (QED) is 0.860.